The standard InChI is InChI=1S/C12H12ClFO/c13-11(12(8-15)5-6-12)7-9-3-1-2-4-10(9)14/h1-4,8,11H,5-7H2. The molecule has 80 valence electrons. The van der Waals surface area contributed by atoms with E-state index in [1.165, 1.54) is 6.07 Å². The van der Waals surface area contributed by atoms with Crippen LogP contribution in [0.1, 0.15) is 18.4 Å². The second kappa shape index (κ2) is 3.93. The summed E-state index contributed by atoms with van der Waals surface area (Å²) in [5, 5.41) is -0.285. The first-order valence-electron chi connectivity index (χ1n) is 5.02. The Morgan fingerprint density at radius 2 is 2.13 bits per heavy atom. The van der Waals surface area contributed by atoms with E-state index >= 15 is 0 Å². The van der Waals surface area contributed by atoms with Gasteiger partial charge in [-0.05, 0) is 30.9 Å². The molecule has 0 bridgehead atoms. The monoisotopic (exact) mass is 226 g/mol. The molecular formula is C12H12ClFO. The van der Waals surface area contributed by atoms with Gasteiger partial charge in [0.2, 0.25) is 0 Å². The molecule has 0 heterocycles. The predicted octanol–water partition coefficient (Wildman–Crippen LogP) is 2.95. The van der Waals surface area contributed by atoms with E-state index in [1.54, 1.807) is 18.2 Å². The van der Waals surface area contributed by atoms with E-state index < -0.39 is 0 Å². The minimum absolute atomic E-state index is 0.246. The highest BCUT2D eigenvalue weighted by Gasteiger charge is 2.48. The number of hydrogen-bond donors (Lipinski definition) is 0. The lowest BCUT2D eigenvalue weighted by Gasteiger charge is -2.15. The van der Waals surface area contributed by atoms with Crippen LogP contribution in [0.4, 0.5) is 4.39 Å². The Balaban J connectivity index is 2.09. The number of aldehydes is 1. The highest BCUT2D eigenvalue weighted by atomic mass is 35.5. The quantitative estimate of drug-likeness (QED) is 0.570. The van der Waals surface area contributed by atoms with E-state index in [-0.39, 0.29) is 16.6 Å². The van der Waals surface area contributed by atoms with E-state index in [1.807, 2.05) is 0 Å². The molecular weight excluding hydrogens is 215 g/mol. The molecule has 15 heavy (non-hydrogen) atoms. The van der Waals surface area contributed by atoms with Gasteiger partial charge in [0.1, 0.15) is 12.1 Å². The number of benzene rings is 1. The summed E-state index contributed by atoms with van der Waals surface area (Å²) in [6, 6.07) is 6.56. The van der Waals surface area contributed by atoms with Gasteiger partial charge in [0, 0.05) is 10.8 Å². The molecule has 0 N–H and O–H groups in total. The summed E-state index contributed by atoms with van der Waals surface area (Å²) in [6.45, 7) is 0. The van der Waals surface area contributed by atoms with Crippen LogP contribution in [0.15, 0.2) is 24.3 Å². The van der Waals surface area contributed by atoms with Crippen LogP contribution in [-0.2, 0) is 11.2 Å². The summed E-state index contributed by atoms with van der Waals surface area (Å²) in [5.74, 6) is -0.246. The Hall–Kier alpha value is -0.890. The first-order valence-corrected chi connectivity index (χ1v) is 5.45. The zero-order chi connectivity index (χ0) is 10.9. The molecule has 1 aromatic carbocycles. The largest absolute Gasteiger partial charge is 0.303 e. The van der Waals surface area contributed by atoms with Gasteiger partial charge in [-0.3, -0.25) is 0 Å². The van der Waals surface area contributed by atoms with Crippen LogP contribution in [0.5, 0.6) is 0 Å². The van der Waals surface area contributed by atoms with Crippen molar-refractivity contribution >= 4 is 17.9 Å². The number of halogens is 2. The fourth-order valence-electron chi connectivity index (χ4n) is 1.71. The molecule has 1 fully saturated rings. The molecule has 1 aromatic rings. The first-order chi connectivity index (χ1) is 7.18. The predicted molar refractivity (Wildman–Crippen MR) is 57.5 cm³/mol. The summed E-state index contributed by atoms with van der Waals surface area (Å²) in [4.78, 5) is 10.8. The SMILES string of the molecule is O=CC1(C(Cl)Cc2ccccc2F)CC1. The molecule has 1 nitrogen and oxygen atoms in total. The van der Waals surface area contributed by atoms with Crippen molar-refractivity contribution in [3.63, 3.8) is 0 Å². The first kappa shape index (κ1) is 10.6. The maximum absolute atomic E-state index is 13.3. The summed E-state index contributed by atoms with van der Waals surface area (Å²) in [5.41, 5.74) is 0.203. The van der Waals surface area contributed by atoms with Crippen LogP contribution < -0.4 is 0 Å². The third kappa shape index (κ3) is 2.05. The fourth-order valence-corrected chi connectivity index (χ4v) is 2.15. The van der Waals surface area contributed by atoms with Gasteiger partial charge in [-0.15, -0.1) is 11.6 Å². The molecule has 3 heteroatoms. The van der Waals surface area contributed by atoms with E-state index in [2.05, 4.69) is 0 Å². The lowest BCUT2D eigenvalue weighted by Crippen LogP contribution is -2.20. The number of carbonyl (C=O) groups is 1. The maximum Gasteiger partial charge on any atom is 0.127 e. The molecule has 0 saturated heterocycles. The zero-order valence-electron chi connectivity index (χ0n) is 8.25. The third-order valence-corrected chi connectivity index (χ3v) is 3.63. The second-order valence-electron chi connectivity index (χ2n) is 4.11. The fraction of sp³-hybridized carbons (Fsp3) is 0.417. The van der Waals surface area contributed by atoms with Gasteiger partial charge in [0.25, 0.3) is 0 Å². The van der Waals surface area contributed by atoms with Crippen LogP contribution in [0, 0.1) is 11.2 Å². The van der Waals surface area contributed by atoms with Crippen molar-refractivity contribution < 1.29 is 9.18 Å². The molecule has 0 aromatic heterocycles. The van der Waals surface area contributed by atoms with Crippen molar-refractivity contribution in [2.24, 2.45) is 5.41 Å². The molecule has 1 unspecified atom stereocenters. The lowest BCUT2D eigenvalue weighted by molar-refractivity contribution is -0.112. The maximum atomic E-state index is 13.3. The number of hydrogen-bond acceptors (Lipinski definition) is 1. The minimum Gasteiger partial charge on any atom is -0.303 e. The summed E-state index contributed by atoms with van der Waals surface area (Å²) < 4.78 is 13.3. The van der Waals surface area contributed by atoms with E-state index in [9.17, 15) is 9.18 Å². The van der Waals surface area contributed by atoms with Gasteiger partial charge in [-0.1, -0.05) is 18.2 Å². The highest BCUT2D eigenvalue weighted by Crippen LogP contribution is 2.50. The molecule has 2 rings (SSSR count). The van der Waals surface area contributed by atoms with Crippen LogP contribution >= 0.6 is 11.6 Å². The van der Waals surface area contributed by atoms with Gasteiger partial charge in [0.15, 0.2) is 0 Å². The Morgan fingerprint density at radius 1 is 1.47 bits per heavy atom. The van der Waals surface area contributed by atoms with Crippen LogP contribution in [0.3, 0.4) is 0 Å². The summed E-state index contributed by atoms with van der Waals surface area (Å²) in [7, 11) is 0. The van der Waals surface area contributed by atoms with Gasteiger partial charge < -0.3 is 4.79 Å². The summed E-state index contributed by atoms with van der Waals surface area (Å²) in [6.07, 6.45) is 3.01. The minimum atomic E-state index is -0.385. The zero-order valence-corrected chi connectivity index (χ0v) is 9.01. The smallest absolute Gasteiger partial charge is 0.127 e. The van der Waals surface area contributed by atoms with Crippen molar-refractivity contribution in [3.05, 3.63) is 35.6 Å². The molecule has 1 saturated carbocycles. The van der Waals surface area contributed by atoms with Crippen molar-refractivity contribution in [1.29, 1.82) is 0 Å². The van der Waals surface area contributed by atoms with Gasteiger partial charge >= 0.3 is 0 Å². The molecule has 0 radical (unpaired) electrons. The molecule has 0 aliphatic heterocycles. The highest BCUT2D eigenvalue weighted by molar-refractivity contribution is 6.22. The van der Waals surface area contributed by atoms with Gasteiger partial charge in [0.05, 0.1) is 0 Å². The Bertz CT molecular complexity index is 374. The average molecular weight is 227 g/mol. The molecule has 0 amide bonds. The molecule has 0 spiro atoms. The second-order valence-corrected chi connectivity index (χ2v) is 4.64. The Morgan fingerprint density at radius 3 is 2.67 bits per heavy atom. The van der Waals surface area contributed by atoms with Gasteiger partial charge in [-0.2, -0.15) is 0 Å². The third-order valence-electron chi connectivity index (χ3n) is 3.04. The lowest BCUT2D eigenvalue weighted by atomic mass is 9.97. The van der Waals surface area contributed by atoms with Crippen molar-refractivity contribution in [2.75, 3.05) is 0 Å². The Labute approximate surface area is 93.2 Å². The van der Waals surface area contributed by atoms with Crippen molar-refractivity contribution in [3.8, 4) is 0 Å². The summed E-state index contributed by atoms with van der Waals surface area (Å²) >= 11 is 6.14. The number of carbonyl (C=O) groups excluding carboxylic acids is 1. The van der Waals surface area contributed by atoms with Crippen molar-refractivity contribution in [1.82, 2.24) is 0 Å². The Kier molecular flexibility index (Phi) is 2.79. The normalized spacial score (nSPS) is 19.6. The number of alkyl halides is 1. The van der Waals surface area contributed by atoms with E-state index in [0.29, 0.717) is 12.0 Å². The molecule has 1 aliphatic carbocycles. The average Bonchev–Trinajstić information content (AvgIpc) is 3.02. The topological polar surface area (TPSA) is 17.1 Å². The van der Waals surface area contributed by atoms with Crippen LogP contribution in [0.25, 0.3) is 0 Å². The molecule has 1 atom stereocenters. The number of rotatable bonds is 4. The van der Waals surface area contributed by atoms with Crippen LogP contribution in [-0.4, -0.2) is 11.7 Å². The van der Waals surface area contributed by atoms with Crippen LogP contribution in [0.2, 0.25) is 0 Å². The van der Waals surface area contributed by atoms with Gasteiger partial charge in [-0.25, -0.2) is 4.39 Å². The van der Waals surface area contributed by atoms with Crippen molar-refractivity contribution in [2.45, 2.75) is 24.6 Å². The van der Waals surface area contributed by atoms with E-state index in [4.69, 9.17) is 11.6 Å². The van der Waals surface area contributed by atoms with E-state index in [0.717, 1.165) is 19.1 Å². The molecule has 1 aliphatic rings.